The molecule has 1 fully saturated rings. The standard InChI is InChI=1S/C12H9N3O2S2/c18-12-15-14-10(17-12)9-8(6-3-4-6)13-11(19-9)7-2-1-5-16-7/h1-2,5-6H,3-4H2,(H,15,18). The molecule has 0 bridgehead atoms. The van der Waals surface area contributed by atoms with Gasteiger partial charge in [0.2, 0.25) is 0 Å². The van der Waals surface area contributed by atoms with Crippen LogP contribution in [-0.2, 0) is 0 Å². The van der Waals surface area contributed by atoms with E-state index in [0.29, 0.717) is 11.8 Å². The molecule has 3 aromatic heterocycles. The zero-order valence-electron chi connectivity index (χ0n) is 9.75. The maximum absolute atomic E-state index is 5.41. The van der Waals surface area contributed by atoms with Gasteiger partial charge in [0.1, 0.15) is 4.88 Å². The third-order valence-electron chi connectivity index (χ3n) is 2.98. The van der Waals surface area contributed by atoms with Crippen LogP contribution in [0.2, 0.25) is 0 Å². The molecule has 5 nitrogen and oxygen atoms in total. The van der Waals surface area contributed by atoms with Crippen LogP contribution in [0.4, 0.5) is 0 Å². The number of thiazole rings is 1. The van der Waals surface area contributed by atoms with Crippen molar-refractivity contribution < 1.29 is 8.83 Å². The van der Waals surface area contributed by atoms with E-state index in [-0.39, 0.29) is 4.84 Å². The molecule has 0 radical (unpaired) electrons. The molecule has 3 aromatic rings. The molecule has 1 aliphatic carbocycles. The van der Waals surface area contributed by atoms with Gasteiger partial charge in [0.25, 0.3) is 10.7 Å². The number of aromatic amines is 1. The van der Waals surface area contributed by atoms with Gasteiger partial charge in [0.15, 0.2) is 10.8 Å². The number of hydrogen-bond donors (Lipinski definition) is 1. The van der Waals surface area contributed by atoms with Crippen LogP contribution >= 0.6 is 23.6 Å². The fourth-order valence-corrected chi connectivity index (χ4v) is 3.12. The van der Waals surface area contributed by atoms with E-state index >= 15 is 0 Å². The van der Waals surface area contributed by atoms with Gasteiger partial charge >= 0.3 is 0 Å². The summed E-state index contributed by atoms with van der Waals surface area (Å²) in [7, 11) is 0. The maximum Gasteiger partial charge on any atom is 0.284 e. The van der Waals surface area contributed by atoms with Crippen LogP contribution in [0.5, 0.6) is 0 Å². The van der Waals surface area contributed by atoms with Crippen molar-refractivity contribution in [2.75, 3.05) is 0 Å². The fourth-order valence-electron chi connectivity index (χ4n) is 1.95. The molecule has 0 aliphatic heterocycles. The summed E-state index contributed by atoms with van der Waals surface area (Å²) in [4.78, 5) is 5.90. The Balaban J connectivity index is 1.87. The van der Waals surface area contributed by atoms with Gasteiger partial charge in [-0.3, -0.25) is 0 Å². The molecule has 0 spiro atoms. The molecule has 0 saturated heterocycles. The lowest BCUT2D eigenvalue weighted by Gasteiger charge is -1.92. The van der Waals surface area contributed by atoms with Gasteiger partial charge in [0, 0.05) is 5.92 Å². The number of aromatic nitrogens is 3. The lowest BCUT2D eigenvalue weighted by atomic mass is 10.2. The summed E-state index contributed by atoms with van der Waals surface area (Å²) in [6.45, 7) is 0. The van der Waals surface area contributed by atoms with Gasteiger partial charge in [-0.25, -0.2) is 10.1 Å². The van der Waals surface area contributed by atoms with Crippen LogP contribution in [0.3, 0.4) is 0 Å². The van der Waals surface area contributed by atoms with Crippen molar-refractivity contribution in [3.63, 3.8) is 0 Å². The molecule has 0 atom stereocenters. The first-order valence-electron chi connectivity index (χ1n) is 5.92. The van der Waals surface area contributed by atoms with Crippen LogP contribution in [0.15, 0.2) is 27.2 Å². The number of nitrogens with one attached hydrogen (secondary N) is 1. The predicted molar refractivity (Wildman–Crippen MR) is 72.5 cm³/mol. The Morgan fingerprint density at radius 3 is 2.95 bits per heavy atom. The van der Waals surface area contributed by atoms with Gasteiger partial charge in [-0.05, 0) is 37.2 Å². The molecule has 3 heterocycles. The molecule has 0 amide bonds. The summed E-state index contributed by atoms with van der Waals surface area (Å²) in [6, 6.07) is 3.76. The third kappa shape index (κ3) is 1.95. The molecule has 1 saturated carbocycles. The smallest absolute Gasteiger partial charge is 0.284 e. The fraction of sp³-hybridized carbons (Fsp3) is 0.250. The number of nitrogens with zero attached hydrogens (tertiary/aromatic N) is 2. The second kappa shape index (κ2) is 4.14. The minimum Gasteiger partial charge on any atom is -0.462 e. The summed E-state index contributed by atoms with van der Waals surface area (Å²) in [5.41, 5.74) is 1.04. The summed E-state index contributed by atoms with van der Waals surface area (Å²) >= 11 is 6.45. The van der Waals surface area contributed by atoms with Crippen molar-refractivity contribution in [3.05, 3.63) is 28.9 Å². The molecular weight excluding hydrogens is 282 g/mol. The van der Waals surface area contributed by atoms with Crippen LogP contribution in [0, 0.1) is 4.84 Å². The summed E-state index contributed by atoms with van der Waals surface area (Å²) in [5.74, 6) is 1.80. The predicted octanol–water partition coefficient (Wildman–Crippen LogP) is 3.99. The largest absolute Gasteiger partial charge is 0.462 e. The van der Waals surface area contributed by atoms with E-state index in [4.69, 9.17) is 21.1 Å². The first-order valence-corrected chi connectivity index (χ1v) is 7.14. The van der Waals surface area contributed by atoms with Crippen molar-refractivity contribution in [1.82, 2.24) is 15.2 Å². The van der Waals surface area contributed by atoms with E-state index in [9.17, 15) is 0 Å². The van der Waals surface area contributed by atoms with Crippen molar-refractivity contribution in [2.45, 2.75) is 18.8 Å². The first-order chi connectivity index (χ1) is 9.31. The quantitative estimate of drug-likeness (QED) is 0.739. The molecule has 1 N–H and O–H groups in total. The minimum atomic E-state index is 0.282. The Hall–Kier alpha value is -1.73. The van der Waals surface area contributed by atoms with Gasteiger partial charge in [-0.1, -0.05) is 0 Å². The average molecular weight is 291 g/mol. The highest BCUT2D eigenvalue weighted by atomic mass is 32.1. The molecule has 1 aliphatic rings. The van der Waals surface area contributed by atoms with Crippen LogP contribution in [-0.4, -0.2) is 15.2 Å². The Labute approximate surface area is 117 Å². The normalized spacial score (nSPS) is 14.9. The van der Waals surface area contributed by atoms with Gasteiger partial charge in [0.05, 0.1) is 12.0 Å². The van der Waals surface area contributed by atoms with Crippen molar-refractivity contribution in [1.29, 1.82) is 0 Å². The maximum atomic E-state index is 5.41. The van der Waals surface area contributed by atoms with Crippen LogP contribution in [0.25, 0.3) is 21.5 Å². The van der Waals surface area contributed by atoms with E-state index in [1.807, 2.05) is 12.1 Å². The SMILES string of the molecule is S=c1[nH]nc(-c2sc(-c3ccco3)nc2C2CC2)o1. The Morgan fingerprint density at radius 2 is 2.32 bits per heavy atom. The third-order valence-corrected chi connectivity index (χ3v) is 4.23. The Morgan fingerprint density at radius 1 is 1.42 bits per heavy atom. The van der Waals surface area contributed by atoms with Gasteiger partial charge in [-0.15, -0.1) is 16.4 Å². The van der Waals surface area contributed by atoms with Crippen LogP contribution in [0.1, 0.15) is 24.5 Å². The van der Waals surface area contributed by atoms with E-state index in [1.54, 1.807) is 6.26 Å². The second-order valence-electron chi connectivity index (χ2n) is 4.40. The van der Waals surface area contributed by atoms with E-state index in [1.165, 1.54) is 24.2 Å². The summed E-state index contributed by atoms with van der Waals surface area (Å²) in [6.07, 6.45) is 3.98. The lowest BCUT2D eigenvalue weighted by molar-refractivity contribution is 0.552. The number of hydrogen-bond acceptors (Lipinski definition) is 6. The van der Waals surface area contributed by atoms with E-state index in [0.717, 1.165) is 21.3 Å². The lowest BCUT2D eigenvalue weighted by Crippen LogP contribution is -1.84. The second-order valence-corrected chi connectivity index (χ2v) is 5.77. The molecule has 0 aromatic carbocycles. The summed E-state index contributed by atoms with van der Waals surface area (Å²) < 4.78 is 10.8. The minimum absolute atomic E-state index is 0.282. The van der Waals surface area contributed by atoms with E-state index in [2.05, 4.69) is 15.2 Å². The zero-order chi connectivity index (χ0) is 12.8. The molecule has 7 heteroatoms. The Kier molecular flexibility index (Phi) is 2.42. The van der Waals surface area contributed by atoms with Crippen LogP contribution < -0.4 is 0 Å². The molecular formula is C12H9N3O2S2. The topological polar surface area (TPSA) is 67.8 Å². The van der Waals surface area contributed by atoms with Crippen molar-refractivity contribution in [3.8, 4) is 21.5 Å². The highest BCUT2D eigenvalue weighted by Gasteiger charge is 2.32. The number of rotatable bonds is 3. The summed E-state index contributed by atoms with van der Waals surface area (Å²) in [5, 5.41) is 7.60. The Bertz CT molecular complexity index is 765. The zero-order valence-corrected chi connectivity index (χ0v) is 11.4. The molecule has 4 rings (SSSR count). The van der Waals surface area contributed by atoms with E-state index < -0.39 is 0 Å². The highest BCUT2D eigenvalue weighted by molar-refractivity contribution is 7.71. The highest BCUT2D eigenvalue weighted by Crippen LogP contribution is 2.47. The number of furan rings is 1. The van der Waals surface area contributed by atoms with Crippen molar-refractivity contribution >= 4 is 23.6 Å². The molecule has 19 heavy (non-hydrogen) atoms. The van der Waals surface area contributed by atoms with Gasteiger partial charge < -0.3 is 8.83 Å². The van der Waals surface area contributed by atoms with Gasteiger partial charge in [-0.2, -0.15) is 0 Å². The average Bonchev–Trinajstić information content (AvgIpc) is 2.87. The van der Waals surface area contributed by atoms with Crippen molar-refractivity contribution in [2.24, 2.45) is 0 Å². The first kappa shape index (κ1) is 11.1. The monoisotopic (exact) mass is 291 g/mol. The molecule has 0 unspecified atom stereocenters. The molecule has 96 valence electrons. The number of H-pyrrole nitrogens is 1.